The minimum Gasteiger partial charge on any atom is -0.481 e. The van der Waals surface area contributed by atoms with E-state index >= 15 is 0 Å². The van der Waals surface area contributed by atoms with Gasteiger partial charge in [0.15, 0.2) is 0 Å². The quantitative estimate of drug-likeness (QED) is 0.841. The zero-order valence-corrected chi connectivity index (χ0v) is 13.7. The zero-order chi connectivity index (χ0) is 15.9. The van der Waals surface area contributed by atoms with Gasteiger partial charge in [-0.25, -0.2) is 0 Å². The molecule has 0 amide bonds. The number of benzene rings is 1. The zero-order valence-electron chi connectivity index (χ0n) is 13.7. The molecule has 1 aliphatic heterocycles. The third-order valence-corrected chi connectivity index (χ3v) is 4.66. The summed E-state index contributed by atoms with van der Waals surface area (Å²) in [5.41, 5.74) is 1.38. The molecule has 1 heterocycles. The second kappa shape index (κ2) is 8.30. The highest BCUT2D eigenvalue weighted by Gasteiger charge is 2.28. The predicted molar refractivity (Wildman–Crippen MR) is 88.8 cm³/mol. The Labute approximate surface area is 133 Å². The Bertz CT molecular complexity index is 463. The van der Waals surface area contributed by atoms with E-state index in [-0.39, 0.29) is 6.42 Å². The first-order valence-corrected chi connectivity index (χ1v) is 8.24. The van der Waals surface area contributed by atoms with Gasteiger partial charge >= 0.3 is 5.97 Å². The summed E-state index contributed by atoms with van der Waals surface area (Å²) < 4.78 is 0. The maximum Gasteiger partial charge on any atom is 0.303 e. The molecule has 1 aromatic carbocycles. The Balaban J connectivity index is 1.78. The van der Waals surface area contributed by atoms with E-state index in [1.54, 1.807) is 0 Å². The fraction of sp³-hybridized carbons (Fsp3) is 0.611. The summed E-state index contributed by atoms with van der Waals surface area (Å²) in [6.45, 7) is 6.45. The molecule has 122 valence electrons. The third kappa shape index (κ3) is 5.11. The lowest BCUT2D eigenvalue weighted by molar-refractivity contribution is -0.137. The van der Waals surface area contributed by atoms with Crippen LogP contribution in [0.4, 0.5) is 0 Å². The molecule has 1 aliphatic rings. The molecule has 1 saturated heterocycles. The van der Waals surface area contributed by atoms with Crippen molar-refractivity contribution in [3.05, 3.63) is 35.9 Å². The number of hydrogen-bond donors (Lipinski definition) is 1. The minimum atomic E-state index is -0.695. The first kappa shape index (κ1) is 17.0. The standard InChI is InChI=1S/C18H28N2O2/c1-15-13-20(14-16-7-4-3-5-8-16)12-10-17(15)19(2)11-6-9-18(21)22/h3-5,7-8,15,17H,6,9-14H2,1-2H3,(H,21,22)/t15-,17+/m0/s1. The van der Waals surface area contributed by atoms with E-state index in [2.05, 4.69) is 54.1 Å². The van der Waals surface area contributed by atoms with Crippen molar-refractivity contribution in [3.63, 3.8) is 0 Å². The second-order valence-electron chi connectivity index (χ2n) is 6.53. The topological polar surface area (TPSA) is 43.8 Å². The molecule has 2 atom stereocenters. The first-order chi connectivity index (χ1) is 10.6. The number of carboxylic acids is 1. The Morgan fingerprint density at radius 2 is 2.09 bits per heavy atom. The molecule has 1 fully saturated rings. The Morgan fingerprint density at radius 3 is 2.73 bits per heavy atom. The summed E-state index contributed by atoms with van der Waals surface area (Å²) in [6, 6.07) is 11.2. The van der Waals surface area contributed by atoms with Crippen LogP contribution in [0, 0.1) is 5.92 Å². The molecule has 0 saturated carbocycles. The molecule has 0 bridgehead atoms. The van der Waals surface area contributed by atoms with Crippen molar-refractivity contribution >= 4 is 5.97 Å². The second-order valence-corrected chi connectivity index (χ2v) is 6.53. The van der Waals surface area contributed by atoms with Crippen LogP contribution in [0.3, 0.4) is 0 Å². The van der Waals surface area contributed by atoms with Gasteiger partial charge in [-0.05, 0) is 44.5 Å². The summed E-state index contributed by atoms with van der Waals surface area (Å²) in [6.07, 6.45) is 2.17. The van der Waals surface area contributed by atoms with Gasteiger partial charge < -0.3 is 10.0 Å². The molecule has 22 heavy (non-hydrogen) atoms. The van der Waals surface area contributed by atoms with E-state index < -0.39 is 5.97 Å². The maximum absolute atomic E-state index is 10.6. The molecular formula is C18H28N2O2. The normalized spacial score (nSPS) is 22.9. The van der Waals surface area contributed by atoms with Gasteiger partial charge in [-0.2, -0.15) is 0 Å². The SMILES string of the molecule is C[C@H]1CN(Cc2ccccc2)CC[C@H]1N(C)CCCC(=O)O. The maximum atomic E-state index is 10.6. The van der Waals surface area contributed by atoms with E-state index in [4.69, 9.17) is 5.11 Å². The van der Waals surface area contributed by atoms with E-state index in [0.29, 0.717) is 12.0 Å². The monoisotopic (exact) mass is 304 g/mol. The van der Waals surface area contributed by atoms with Crippen LogP contribution in [0.25, 0.3) is 0 Å². The number of piperidine rings is 1. The molecule has 0 spiro atoms. The van der Waals surface area contributed by atoms with Crippen molar-refractivity contribution in [1.29, 1.82) is 0 Å². The number of carboxylic acid groups (broad SMARTS) is 1. The summed E-state index contributed by atoms with van der Waals surface area (Å²) in [5, 5.41) is 8.74. The Hall–Kier alpha value is -1.39. The molecule has 1 N–H and O–H groups in total. The van der Waals surface area contributed by atoms with Crippen LogP contribution >= 0.6 is 0 Å². The van der Waals surface area contributed by atoms with Crippen LogP contribution in [-0.4, -0.2) is 53.6 Å². The highest BCUT2D eigenvalue weighted by Crippen LogP contribution is 2.23. The number of rotatable bonds is 7. The van der Waals surface area contributed by atoms with Gasteiger partial charge in [-0.1, -0.05) is 37.3 Å². The highest BCUT2D eigenvalue weighted by atomic mass is 16.4. The van der Waals surface area contributed by atoms with Gasteiger partial charge in [0.25, 0.3) is 0 Å². The third-order valence-electron chi connectivity index (χ3n) is 4.66. The van der Waals surface area contributed by atoms with Crippen molar-refractivity contribution < 1.29 is 9.90 Å². The molecule has 0 aromatic heterocycles. The van der Waals surface area contributed by atoms with Crippen LogP contribution in [0.15, 0.2) is 30.3 Å². The average molecular weight is 304 g/mol. The van der Waals surface area contributed by atoms with Crippen LogP contribution in [0.5, 0.6) is 0 Å². The molecule has 4 heteroatoms. The molecule has 0 unspecified atom stereocenters. The Morgan fingerprint density at radius 1 is 1.36 bits per heavy atom. The number of hydrogen-bond acceptors (Lipinski definition) is 3. The fourth-order valence-electron chi connectivity index (χ4n) is 3.51. The van der Waals surface area contributed by atoms with Crippen molar-refractivity contribution in [2.75, 3.05) is 26.7 Å². The summed E-state index contributed by atoms with van der Waals surface area (Å²) in [4.78, 5) is 15.5. The smallest absolute Gasteiger partial charge is 0.303 e. The molecule has 0 radical (unpaired) electrons. The van der Waals surface area contributed by atoms with Gasteiger partial charge in [0.1, 0.15) is 0 Å². The minimum absolute atomic E-state index is 0.269. The van der Waals surface area contributed by atoms with Crippen LogP contribution in [0.1, 0.15) is 31.7 Å². The van der Waals surface area contributed by atoms with E-state index in [9.17, 15) is 4.79 Å². The summed E-state index contributed by atoms with van der Waals surface area (Å²) in [7, 11) is 2.13. The van der Waals surface area contributed by atoms with Crippen molar-refractivity contribution in [2.24, 2.45) is 5.92 Å². The first-order valence-electron chi connectivity index (χ1n) is 8.24. The van der Waals surface area contributed by atoms with Crippen molar-refractivity contribution in [1.82, 2.24) is 9.80 Å². The lowest BCUT2D eigenvalue weighted by atomic mass is 9.92. The fourth-order valence-corrected chi connectivity index (χ4v) is 3.51. The molecule has 0 aliphatic carbocycles. The number of carbonyl (C=O) groups is 1. The van der Waals surface area contributed by atoms with Gasteiger partial charge in [-0.3, -0.25) is 9.69 Å². The van der Waals surface area contributed by atoms with Crippen molar-refractivity contribution in [3.8, 4) is 0 Å². The van der Waals surface area contributed by atoms with Gasteiger partial charge in [0.2, 0.25) is 0 Å². The van der Waals surface area contributed by atoms with Crippen LogP contribution in [-0.2, 0) is 11.3 Å². The highest BCUT2D eigenvalue weighted by molar-refractivity contribution is 5.66. The number of aliphatic carboxylic acids is 1. The predicted octanol–water partition coefficient (Wildman–Crippen LogP) is 2.69. The van der Waals surface area contributed by atoms with Crippen LogP contribution < -0.4 is 0 Å². The van der Waals surface area contributed by atoms with Crippen LogP contribution in [0.2, 0.25) is 0 Å². The molecule has 2 rings (SSSR count). The van der Waals surface area contributed by atoms with Gasteiger partial charge in [0, 0.05) is 25.6 Å². The van der Waals surface area contributed by atoms with Gasteiger partial charge in [0.05, 0.1) is 0 Å². The van der Waals surface area contributed by atoms with E-state index in [1.807, 2.05) is 0 Å². The summed E-state index contributed by atoms with van der Waals surface area (Å²) >= 11 is 0. The van der Waals surface area contributed by atoms with E-state index in [0.717, 1.165) is 39.0 Å². The lowest BCUT2D eigenvalue weighted by Crippen LogP contribution is -2.48. The number of nitrogens with zero attached hydrogens (tertiary/aromatic N) is 2. The average Bonchev–Trinajstić information content (AvgIpc) is 2.48. The van der Waals surface area contributed by atoms with E-state index in [1.165, 1.54) is 5.56 Å². The largest absolute Gasteiger partial charge is 0.481 e. The Kier molecular flexibility index (Phi) is 6.40. The lowest BCUT2D eigenvalue weighted by Gasteiger charge is -2.41. The molecule has 4 nitrogen and oxygen atoms in total. The molecular weight excluding hydrogens is 276 g/mol. The summed E-state index contributed by atoms with van der Waals surface area (Å²) in [5.74, 6) is -0.0774. The van der Waals surface area contributed by atoms with Gasteiger partial charge in [-0.15, -0.1) is 0 Å². The number of likely N-dealkylation sites (tertiary alicyclic amines) is 1. The van der Waals surface area contributed by atoms with Crippen molar-refractivity contribution in [2.45, 2.75) is 38.8 Å². The molecule has 1 aromatic rings.